The van der Waals surface area contributed by atoms with Gasteiger partial charge in [-0.15, -0.1) is 0 Å². The molecule has 2 N–H and O–H groups in total. The van der Waals surface area contributed by atoms with Crippen LogP contribution >= 0.6 is 0 Å². The van der Waals surface area contributed by atoms with Gasteiger partial charge in [-0.25, -0.2) is 0 Å². The van der Waals surface area contributed by atoms with E-state index in [9.17, 15) is 9.59 Å². The summed E-state index contributed by atoms with van der Waals surface area (Å²) in [6.45, 7) is 4.83. The lowest BCUT2D eigenvalue weighted by atomic mass is 10.0. The molecule has 1 aromatic carbocycles. The number of amides is 2. The number of nitrogens with one attached hydrogen (secondary N) is 2. The average Bonchev–Trinajstić information content (AvgIpc) is 3.43. The van der Waals surface area contributed by atoms with Crippen molar-refractivity contribution in [1.29, 1.82) is 0 Å². The molecule has 0 spiro atoms. The van der Waals surface area contributed by atoms with Crippen molar-refractivity contribution in [3.8, 4) is 0 Å². The molecule has 1 aromatic rings. The summed E-state index contributed by atoms with van der Waals surface area (Å²) in [5.41, 5.74) is 1.12. The molecule has 5 nitrogen and oxygen atoms in total. The second kappa shape index (κ2) is 7.24. The van der Waals surface area contributed by atoms with Crippen LogP contribution in [-0.4, -0.2) is 31.4 Å². The largest absolute Gasteiger partial charge is 0.372 e. The van der Waals surface area contributed by atoms with Crippen molar-refractivity contribution in [2.45, 2.75) is 45.4 Å². The zero-order valence-corrected chi connectivity index (χ0v) is 14.4. The van der Waals surface area contributed by atoms with Gasteiger partial charge in [0.25, 0.3) is 0 Å². The van der Waals surface area contributed by atoms with Gasteiger partial charge in [-0.1, -0.05) is 6.92 Å². The Hall–Kier alpha value is -2.04. The zero-order chi connectivity index (χ0) is 17.0. The fraction of sp³-hybridized carbons (Fsp3) is 0.579. The molecule has 0 atom stereocenters. The molecule has 24 heavy (non-hydrogen) atoms. The number of carbonyl (C=O) groups excluding carboxylic acids is 2. The lowest BCUT2D eigenvalue weighted by Crippen LogP contribution is -2.40. The first-order chi connectivity index (χ1) is 11.7. The highest BCUT2D eigenvalue weighted by Crippen LogP contribution is 2.46. The first-order valence-corrected chi connectivity index (χ1v) is 9.10. The summed E-state index contributed by atoms with van der Waals surface area (Å²) in [5.74, 6) is -0.311. The summed E-state index contributed by atoms with van der Waals surface area (Å²) in [7, 11) is 0. The quantitative estimate of drug-likeness (QED) is 0.789. The van der Waals surface area contributed by atoms with E-state index in [2.05, 4.69) is 27.7 Å². The first kappa shape index (κ1) is 16.8. The van der Waals surface area contributed by atoms with E-state index < -0.39 is 5.41 Å². The van der Waals surface area contributed by atoms with Gasteiger partial charge in [-0.2, -0.15) is 0 Å². The third kappa shape index (κ3) is 3.55. The van der Waals surface area contributed by atoms with E-state index >= 15 is 0 Å². The summed E-state index contributed by atoms with van der Waals surface area (Å²) >= 11 is 0. The van der Waals surface area contributed by atoms with Crippen LogP contribution in [0.1, 0.15) is 45.4 Å². The van der Waals surface area contributed by atoms with E-state index in [1.54, 1.807) is 0 Å². The highest BCUT2D eigenvalue weighted by Gasteiger charge is 2.56. The maximum atomic E-state index is 12.5. The Balaban J connectivity index is 1.59. The number of carbonyl (C=O) groups is 2. The number of hydrogen-bond donors (Lipinski definition) is 2. The molecule has 0 bridgehead atoms. The molecular formula is C19H27N3O2. The van der Waals surface area contributed by atoms with Crippen LogP contribution in [0.25, 0.3) is 0 Å². The Morgan fingerprint density at radius 3 is 2.29 bits per heavy atom. The van der Waals surface area contributed by atoms with Crippen molar-refractivity contribution in [3.63, 3.8) is 0 Å². The molecule has 0 unspecified atom stereocenters. The van der Waals surface area contributed by atoms with Crippen LogP contribution in [0, 0.1) is 5.41 Å². The van der Waals surface area contributed by atoms with Crippen LogP contribution in [0.15, 0.2) is 24.3 Å². The van der Waals surface area contributed by atoms with Gasteiger partial charge >= 0.3 is 0 Å². The van der Waals surface area contributed by atoms with Crippen LogP contribution in [0.3, 0.4) is 0 Å². The minimum absolute atomic E-state index is 0.133. The van der Waals surface area contributed by atoms with Crippen molar-refractivity contribution in [2.75, 3.05) is 29.9 Å². The Morgan fingerprint density at radius 1 is 1.04 bits per heavy atom. The van der Waals surface area contributed by atoms with E-state index in [1.807, 2.05) is 19.1 Å². The van der Waals surface area contributed by atoms with E-state index in [1.165, 1.54) is 24.9 Å². The molecule has 1 heterocycles. The molecule has 3 rings (SSSR count). The topological polar surface area (TPSA) is 61.4 Å². The number of anilines is 2. The summed E-state index contributed by atoms with van der Waals surface area (Å²) < 4.78 is 0. The molecule has 1 saturated carbocycles. The van der Waals surface area contributed by atoms with Crippen LogP contribution in [0.5, 0.6) is 0 Å². The molecule has 2 amide bonds. The highest BCUT2D eigenvalue weighted by atomic mass is 16.2. The lowest BCUT2D eigenvalue weighted by Gasteiger charge is -2.28. The molecule has 1 aliphatic heterocycles. The molecule has 0 aromatic heterocycles. The van der Waals surface area contributed by atoms with E-state index in [4.69, 9.17) is 0 Å². The maximum absolute atomic E-state index is 12.5. The molecule has 0 radical (unpaired) electrons. The SMILES string of the molecule is CCCNC(=O)C1(C(=O)Nc2ccc(N3CCCCC3)cc2)CC1. The van der Waals surface area contributed by atoms with Crippen LogP contribution < -0.4 is 15.5 Å². The Kier molecular flexibility index (Phi) is 5.07. The molecular weight excluding hydrogens is 302 g/mol. The summed E-state index contributed by atoms with van der Waals surface area (Å²) in [5, 5.41) is 5.76. The van der Waals surface area contributed by atoms with Crippen molar-refractivity contribution in [1.82, 2.24) is 5.32 Å². The summed E-state index contributed by atoms with van der Waals surface area (Å²) in [6.07, 6.45) is 5.95. The predicted molar refractivity (Wildman–Crippen MR) is 96.1 cm³/mol. The first-order valence-electron chi connectivity index (χ1n) is 9.10. The zero-order valence-electron chi connectivity index (χ0n) is 14.4. The molecule has 130 valence electrons. The van der Waals surface area contributed by atoms with Gasteiger partial charge in [0.2, 0.25) is 11.8 Å². The monoisotopic (exact) mass is 329 g/mol. The summed E-state index contributed by atoms with van der Waals surface area (Å²) in [4.78, 5) is 27.1. The van der Waals surface area contributed by atoms with Crippen LogP contribution in [0.4, 0.5) is 11.4 Å². The predicted octanol–water partition coefficient (Wildman–Crippen LogP) is 2.92. The van der Waals surface area contributed by atoms with E-state index in [-0.39, 0.29) is 11.8 Å². The van der Waals surface area contributed by atoms with Crippen molar-refractivity contribution in [3.05, 3.63) is 24.3 Å². The average molecular weight is 329 g/mol. The smallest absolute Gasteiger partial charge is 0.240 e. The third-order valence-corrected chi connectivity index (χ3v) is 5.00. The Bertz CT molecular complexity index is 587. The van der Waals surface area contributed by atoms with Crippen LogP contribution in [-0.2, 0) is 9.59 Å². The fourth-order valence-electron chi connectivity index (χ4n) is 3.25. The van der Waals surface area contributed by atoms with Crippen molar-refractivity contribution < 1.29 is 9.59 Å². The van der Waals surface area contributed by atoms with E-state index in [0.717, 1.165) is 25.2 Å². The van der Waals surface area contributed by atoms with Crippen molar-refractivity contribution >= 4 is 23.2 Å². The Morgan fingerprint density at radius 2 is 1.71 bits per heavy atom. The second-order valence-corrected chi connectivity index (χ2v) is 6.89. The standard InChI is InChI=1S/C19H27N3O2/c1-2-12-20-17(23)19(10-11-19)18(24)21-15-6-8-16(9-7-15)22-13-4-3-5-14-22/h6-9H,2-5,10-14H2,1H3,(H,20,23)(H,21,24). The van der Waals surface area contributed by atoms with Gasteiger partial charge in [-0.3, -0.25) is 9.59 Å². The Labute approximate surface area is 143 Å². The number of rotatable bonds is 6. The number of hydrogen-bond acceptors (Lipinski definition) is 3. The third-order valence-electron chi connectivity index (χ3n) is 5.00. The highest BCUT2D eigenvalue weighted by molar-refractivity contribution is 6.13. The fourth-order valence-corrected chi connectivity index (χ4v) is 3.25. The second-order valence-electron chi connectivity index (χ2n) is 6.89. The lowest BCUT2D eigenvalue weighted by molar-refractivity contribution is -0.134. The minimum Gasteiger partial charge on any atom is -0.372 e. The van der Waals surface area contributed by atoms with Gasteiger partial charge in [0.15, 0.2) is 0 Å². The molecule has 1 saturated heterocycles. The molecule has 2 fully saturated rings. The minimum atomic E-state index is -0.847. The van der Waals surface area contributed by atoms with Gasteiger partial charge in [0, 0.05) is 31.0 Å². The van der Waals surface area contributed by atoms with Gasteiger partial charge in [-0.05, 0) is 62.8 Å². The maximum Gasteiger partial charge on any atom is 0.240 e. The number of piperidine rings is 1. The number of nitrogens with zero attached hydrogens (tertiary/aromatic N) is 1. The van der Waals surface area contributed by atoms with Crippen molar-refractivity contribution in [2.24, 2.45) is 5.41 Å². The van der Waals surface area contributed by atoms with E-state index in [0.29, 0.717) is 19.4 Å². The van der Waals surface area contributed by atoms with Gasteiger partial charge in [0.05, 0.1) is 0 Å². The molecule has 1 aliphatic carbocycles. The normalized spacial score (nSPS) is 18.8. The molecule has 5 heteroatoms. The number of benzene rings is 1. The molecule has 2 aliphatic rings. The van der Waals surface area contributed by atoms with Gasteiger partial charge in [0.1, 0.15) is 5.41 Å². The van der Waals surface area contributed by atoms with Crippen LogP contribution in [0.2, 0.25) is 0 Å². The summed E-state index contributed by atoms with van der Waals surface area (Å²) in [6, 6.07) is 7.97. The van der Waals surface area contributed by atoms with Gasteiger partial charge < -0.3 is 15.5 Å².